The van der Waals surface area contributed by atoms with E-state index >= 15 is 0 Å². The van der Waals surface area contributed by atoms with E-state index in [1.165, 1.54) is 0 Å². The van der Waals surface area contributed by atoms with Gasteiger partial charge in [0, 0.05) is 36.4 Å². The van der Waals surface area contributed by atoms with Crippen LogP contribution < -0.4 is 5.32 Å². The molecule has 0 saturated carbocycles. The minimum atomic E-state index is -0.842. The zero-order chi connectivity index (χ0) is 22.6. The van der Waals surface area contributed by atoms with Gasteiger partial charge in [-0.3, -0.25) is 19.3 Å². The van der Waals surface area contributed by atoms with Crippen molar-refractivity contribution in [3.63, 3.8) is 0 Å². The van der Waals surface area contributed by atoms with Gasteiger partial charge in [0.1, 0.15) is 5.41 Å². The predicted molar refractivity (Wildman–Crippen MR) is 121 cm³/mol. The molecular weight excluding hydrogens is 402 g/mol. The van der Waals surface area contributed by atoms with Gasteiger partial charge in [0.2, 0.25) is 5.91 Å². The van der Waals surface area contributed by atoms with E-state index in [0.717, 1.165) is 22.5 Å². The van der Waals surface area contributed by atoms with Crippen molar-refractivity contribution in [2.45, 2.75) is 51.6 Å². The summed E-state index contributed by atoms with van der Waals surface area (Å²) in [5.74, 6) is -0.149. The number of aromatic nitrogens is 3. The Morgan fingerprint density at radius 3 is 2.66 bits per heavy atom. The number of hydrogen-bond acceptors (Lipinski definition) is 4. The van der Waals surface area contributed by atoms with Crippen LogP contribution in [-0.4, -0.2) is 38.0 Å². The summed E-state index contributed by atoms with van der Waals surface area (Å²) in [5, 5.41) is 7.67. The van der Waals surface area contributed by atoms with Crippen LogP contribution in [0.25, 0.3) is 0 Å². The van der Waals surface area contributed by atoms with Gasteiger partial charge < -0.3 is 10.2 Å². The molecule has 2 atom stereocenters. The number of para-hydroxylation sites is 1. The lowest BCUT2D eigenvalue weighted by molar-refractivity contribution is -0.121. The molecule has 1 N–H and O–H groups in total. The number of aryl methyl sites for hydroxylation is 1. The van der Waals surface area contributed by atoms with Crippen LogP contribution in [0.2, 0.25) is 0 Å². The zero-order valence-corrected chi connectivity index (χ0v) is 18.8. The van der Waals surface area contributed by atoms with Crippen LogP contribution in [0.3, 0.4) is 0 Å². The van der Waals surface area contributed by atoms with Crippen LogP contribution in [0.4, 0.5) is 5.69 Å². The molecule has 0 radical (unpaired) electrons. The first-order valence-corrected chi connectivity index (χ1v) is 11.0. The van der Waals surface area contributed by atoms with E-state index in [0.29, 0.717) is 24.2 Å². The lowest BCUT2D eigenvalue weighted by Gasteiger charge is -2.34. The number of nitrogens with zero attached hydrogens (tertiary/aromatic N) is 4. The van der Waals surface area contributed by atoms with E-state index in [1.807, 2.05) is 59.8 Å². The van der Waals surface area contributed by atoms with Crippen molar-refractivity contribution < 1.29 is 9.59 Å². The Balaban J connectivity index is 1.67. The van der Waals surface area contributed by atoms with Gasteiger partial charge in [-0.25, -0.2) is 0 Å². The first-order valence-electron chi connectivity index (χ1n) is 11.0. The zero-order valence-electron chi connectivity index (χ0n) is 18.8. The maximum absolute atomic E-state index is 14.0. The number of hydrogen-bond donors (Lipinski definition) is 1. The Kier molecular flexibility index (Phi) is 4.65. The Morgan fingerprint density at radius 2 is 1.97 bits per heavy atom. The van der Waals surface area contributed by atoms with Crippen molar-refractivity contribution in [3.8, 4) is 0 Å². The van der Waals surface area contributed by atoms with Crippen LogP contribution >= 0.6 is 0 Å². The standard InChI is InChI=1S/C25H27N5O2/c1-15(2)30-17(4)21(16(3)28-30)23(31)29-13-11-25(22(29)18-8-7-12-26-14-18)19-9-5-6-10-20(19)27-24(25)32/h5-10,12,14-15,22H,11,13H2,1-4H3,(H,27,32). The number of likely N-dealkylation sites (tertiary alicyclic amines) is 1. The van der Waals surface area contributed by atoms with Crippen molar-refractivity contribution >= 4 is 17.5 Å². The van der Waals surface area contributed by atoms with Gasteiger partial charge in [-0.15, -0.1) is 0 Å². The maximum atomic E-state index is 14.0. The van der Waals surface area contributed by atoms with Crippen LogP contribution in [0.5, 0.6) is 0 Å². The highest BCUT2D eigenvalue weighted by Gasteiger charge is 2.59. The SMILES string of the molecule is Cc1nn(C(C)C)c(C)c1C(=O)N1CCC2(C(=O)Nc3ccccc32)C1c1cccnc1. The van der Waals surface area contributed by atoms with E-state index in [2.05, 4.69) is 29.2 Å². The summed E-state index contributed by atoms with van der Waals surface area (Å²) < 4.78 is 1.89. The van der Waals surface area contributed by atoms with Gasteiger partial charge in [-0.1, -0.05) is 24.3 Å². The molecule has 1 saturated heterocycles. The summed E-state index contributed by atoms with van der Waals surface area (Å²) in [6, 6.07) is 11.3. The molecule has 7 nitrogen and oxygen atoms in total. The predicted octanol–water partition coefficient (Wildman–Crippen LogP) is 3.95. The van der Waals surface area contributed by atoms with Crippen LogP contribution in [0, 0.1) is 13.8 Å². The molecule has 5 rings (SSSR count). The van der Waals surface area contributed by atoms with Crippen molar-refractivity contribution in [1.82, 2.24) is 19.7 Å². The van der Waals surface area contributed by atoms with Gasteiger partial charge in [0.25, 0.3) is 5.91 Å². The molecule has 164 valence electrons. The monoisotopic (exact) mass is 429 g/mol. The molecule has 1 aromatic carbocycles. The molecule has 2 unspecified atom stereocenters. The molecule has 2 aromatic heterocycles. The van der Waals surface area contributed by atoms with Crippen LogP contribution in [-0.2, 0) is 10.2 Å². The highest BCUT2D eigenvalue weighted by molar-refractivity contribution is 6.08. The first kappa shape index (κ1) is 20.4. The summed E-state index contributed by atoms with van der Waals surface area (Å²) in [4.78, 5) is 33.6. The number of benzene rings is 1. The minimum Gasteiger partial charge on any atom is -0.330 e. The molecule has 1 spiro atoms. The number of nitrogens with one attached hydrogen (secondary N) is 1. The molecule has 0 aliphatic carbocycles. The van der Waals surface area contributed by atoms with Crippen molar-refractivity contribution in [2.24, 2.45) is 0 Å². The molecule has 3 aromatic rings. The Hall–Kier alpha value is -3.48. The first-order chi connectivity index (χ1) is 15.4. The minimum absolute atomic E-state index is 0.0610. The fourth-order valence-corrected chi connectivity index (χ4v) is 5.53. The van der Waals surface area contributed by atoms with E-state index in [4.69, 9.17) is 0 Å². The molecule has 7 heteroatoms. The topological polar surface area (TPSA) is 80.1 Å². The molecule has 2 aliphatic rings. The highest BCUT2D eigenvalue weighted by atomic mass is 16.2. The second-order valence-electron chi connectivity index (χ2n) is 8.99. The van der Waals surface area contributed by atoms with Gasteiger partial charge >= 0.3 is 0 Å². The third-order valence-corrected chi connectivity index (χ3v) is 6.88. The summed E-state index contributed by atoms with van der Waals surface area (Å²) in [7, 11) is 0. The number of fused-ring (bicyclic) bond motifs is 2. The average Bonchev–Trinajstić information content (AvgIpc) is 3.41. The van der Waals surface area contributed by atoms with Crippen molar-refractivity contribution in [1.29, 1.82) is 0 Å². The van der Waals surface area contributed by atoms with Crippen molar-refractivity contribution in [2.75, 3.05) is 11.9 Å². The Labute approximate surface area is 187 Å². The number of rotatable bonds is 3. The van der Waals surface area contributed by atoms with Crippen molar-refractivity contribution in [3.05, 3.63) is 76.9 Å². The quantitative estimate of drug-likeness (QED) is 0.684. The van der Waals surface area contributed by atoms with Gasteiger partial charge in [-0.2, -0.15) is 5.10 Å². The lowest BCUT2D eigenvalue weighted by atomic mass is 9.73. The van der Waals surface area contributed by atoms with E-state index in [-0.39, 0.29) is 17.9 Å². The number of carbonyl (C=O) groups excluding carboxylic acids is 2. The number of carbonyl (C=O) groups is 2. The normalized spacial score (nSPS) is 22.0. The molecule has 4 heterocycles. The molecular formula is C25H27N5O2. The van der Waals surface area contributed by atoms with E-state index < -0.39 is 11.5 Å². The summed E-state index contributed by atoms with van der Waals surface area (Å²) in [5.41, 5.74) is 3.97. The highest BCUT2D eigenvalue weighted by Crippen LogP contribution is 2.54. The van der Waals surface area contributed by atoms with Gasteiger partial charge in [-0.05, 0) is 57.4 Å². The summed E-state index contributed by atoms with van der Waals surface area (Å²) in [6.07, 6.45) is 4.03. The van der Waals surface area contributed by atoms with E-state index in [1.54, 1.807) is 12.4 Å². The van der Waals surface area contributed by atoms with Gasteiger partial charge in [0.05, 0.1) is 17.3 Å². The largest absolute Gasteiger partial charge is 0.330 e. The second kappa shape index (κ2) is 7.29. The third-order valence-electron chi connectivity index (χ3n) is 6.88. The Morgan fingerprint density at radius 1 is 1.19 bits per heavy atom. The number of pyridine rings is 1. The van der Waals surface area contributed by atoms with Crippen LogP contribution in [0.15, 0.2) is 48.8 Å². The molecule has 1 fully saturated rings. The molecule has 32 heavy (non-hydrogen) atoms. The fraction of sp³-hybridized carbons (Fsp3) is 0.360. The Bertz CT molecular complexity index is 1220. The molecule has 2 aliphatic heterocycles. The number of anilines is 1. The fourth-order valence-electron chi connectivity index (χ4n) is 5.53. The average molecular weight is 430 g/mol. The van der Waals surface area contributed by atoms with E-state index in [9.17, 15) is 9.59 Å². The second-order valence-corrected chi connectivity index (χ2v) is 8.99. The summed E-state index contributed by atoms with van der Waals surface area (Å²) >= 11 is 0. The smallest absolute Gasteiger partial charge is 0.258 e. The van der Waals surface area contributed by atoms with Gasteiger partial charge in [0.15, 0.2) is 0 Å². The maximum Gasteiger partial charge on any atom is 0.258 e. The lowest BCUT2D eigenvalue weighted by Crippen LogP contribution is -2.42. The molecule has 2 amide bonds. The van der Waals surface area contributed by atoms with Crippen LogP contribution in [0.1, 0.15) is 65.2 Å². The molecule has 0 bridgehead atoms. The number of amides is 2. The summed E-state index contributed by atoms with van der Waals surface area (Å²) in [6.45, 7) is 8.40. The third kappa shape index (κ3) is 2.73.